The van der Waals surface area contributed by atoms with Gasteiger partial charge in [-0.25, -0.2) is 5.10 Å². The van der Waals surface area contributed by atoms with Gasteiger partial charge in [-0.2, -0.15) is 5.10 Å². The van der Waals surface area contributed by atoms with Gasteiger partial charge >= 0.3 is 5.97 Å². The van der Waals surface area contributed by atoms with Gasteiger partial charge in [0.05, 0.1) is 24.4 Å². The average Bonchev–Trinajstić information content (AvgIpc) is 2.98. The Balaban J connectivity index is 1.95. The number of aromatic amines is 1. The highest BCUT2D eigenvalue weighted by Crippen LogP contribution is 2.50. The molecule has 2 heterocycles. The lowest BCUT2D eigenvalue weighted by atomic mass is 9.81. The Morgan fingerprint density at radius 3 is 3.20 bits per heavy atom. The molecule has 0 bridgehead atoms. The number of rotatable bonds is 2. The van der Waals surface area contributed by atoms with Crippen molar-refractivity contribution in [1.29, 1.82) is 0 Å². The monoisotopic (exact) mass is 297 g/mol. The van der Waals surface area contributed by atoms with E-state index in [1.165, 1.54) is 13.3 Å². The molecule has 3 rings (SSSR count). The fourth-order valence-electron chi connectivity index (χ4n) is 3.60. The first-order valence-corrected chi connectivity index (χ1v) is 7.03. The highest BCUT2D eigenvalue weighted by molar-refractivity contribution is 6.33. The number of nitrogens with zero attached hydrogens (tertiary/aromatic N) is 2. The average molecular weight is 298 g/mol. The molecule has 1 aliphatic carbocycles. The summed E-state index contributed by atoms with van der Waals surface area (Å²) >= 11 is 6.05. The summed E-state index contributed by atoms with van der Waals surface area (Å²) in [4.78, 5) is 25.7. The molecule has 2 unspecified atom stereocenters. The van der Waals surface area contributed by atoms with Crippen LogP contribution in [0.1, 0.15) is 19.3 Å². The molecule has 7 heteroatoms. The van der Waals surface area contributed by atoms with Crippen LogP contribution >= 0.6 is 11.6 Å². The number of halogens is 1. The van der Waals surface area contributed by atoms with Crippen molar-refractivity contribution < 1.29 is 9.53 Å². The molecule has 1 saturated heterocycles. The van der Waals surface area contributed by atoms with E-state index in [9.17, 15) is 9.59 Å². The predicted molar refractivity (Wildman–Crippen MR) is 73.9 cm³/mol. The van der Waals surface area contributed by atoms with E-state index >= 15 is 0 Å². The van der Waals surface area contributed by atoms with Gasteiger partial charge in [-0.05, 0) is 18.8 Å². The van der Waals surface area contributed by atoms with Crippen LogP contribution < -0.4 is 10.5 Å². The number of ether oxygens (including phenoxy) is 1. The van der Waals surface area contributed by atoms with E-state index in [1.54, 1.807) is 0 Å². The van der Waals surface area contributed by atoms with Crippen LogP contribution in [0.3, 0.4) is 0 Å². The number of methoxy groups -OCH3 is 1. The summed E-state index contributed by atoms with van der Waals surface area (Å²) in [5.41, 5.74) is -0.276. The lowest BCUT2D eigenvalue weighted by Crippen LogP contribution is -2.37. The second-order valence-electron chi connectivity index (χ2n) is 5.52. The number of carbonyl (C=O) groups excluding carboxylic acids is 1. The number of anilines is 1. The zero-order valence-electron chi connectivity index (χ0n) is 11.2. The van der Waals surface area contributed by atoms with E-state index < -0.39 is 11.0 Å². The number of nitrogens with one attached hydrogen (secondary N) is 1. The highest BCUT2D eigenvalue weighted by Gasteiger charge is 2.55. The summed E-state index contributed by atoms with van der Waals surface area (Å²) in [6.07, 6.45) is 4.40. The van der Waals surface area contributed by atoms with E-state index in [0.29, 0.717) is 18.8 Å². The molecular weight excluding hydrogens is 282 g/mol. The molecule has 1 N–H and O–H groups in total. The summed E-state index contributed by atoms with van der Waals surface area (Å²) in [7, 11) is 1.43. The molecule has 1 aromatic rings. The lowest BCUT2D eigenvalue weighted by Gasteiger charge is -2.26. The predicted octanol–water partition coefficient (Wildman–Crippen LogP) is 1.20. The molecule has 0 aromatic carbocycles. The Labute approximate surface area is 121 Å². The van der Waals surface area contributed by atoms with E-state index in [2.05, 4.69) is 10.2 Å². The largest absolute Gasteiger partial charge is 0.469 e. The number of carbonyl (C=O) groups is 1. The molecule has 20 heavy (non-hydrogen) atoms. The Morgan fingerprint density at radius 1 is 1.65 bits per heavy atom. The van der Waals surface area contributed by atoms with Gasteiger partial charge in [-0.15, -0.1) is 0 Å². The van der Waals surface area contributed by atoms with Gasteiger partial charge in [0.15, 0.2) is 0 Å². The van der Waals surface area contributed by atoms with E-state index in [1.807, 2.05) is 4.90 Å². The second kappa shape index (κ2) is 4.77. The minimum atomic E-state index is -0.458. The van der Waals surface area contributed by atoms with Crippen LogP contribution in [0.2, 0.25) is 5.02 Å². The standard InChI is InChI=1S/C13H16ClN3O3/c1-20-12(19)13-4-2-3-8(13)6-17(7-13)9-5-15-16-11(18)10(9)14/h5,8H,2-4,6-7H2,1H3,(H,16,18). The number of aromatic nitrogens is 2. The molecule has 108 valence electrons. The van der Waals surface area contributed by atoms with Crippen molar-refractivity contribution >= 4 is 23.3 Å². The zero-order chi connectivity index (χ0) is 14.3. The molecule has 0 amide bonds. The summed E-state index contributed by atoms with van der Waals surface area (Å²) < 4.78 is 4.99. The van der Waals surface area contributed by atoms with Crippen molar-refractivity contribution in [3.8, 4) is 0 Å². The molecule has 1 saturated carbocycles. The van der Waals surface area contributed by atoms with Gasteiger partial charge in [-0.1, -0.05) is 18.0 Å². The van der Waals surface area contributed by atoms with Crippen LogP contribution in [0.4, 0.5) is 5.69 Å². The van der Waals surface area contributed by atoms with Crippen molar-refractivity contribution in [1.82, 2.24) is 10.2 Å². The van der Waals surface area contributed by atoms with Crippen molar-refractivity contribution in [2.75, 3.05) is 25.1 Å². The summed E-state index contributed by atoms with van der Waals surface area (Å²) in [6.45, 7) is 1.25. The second-order valence-corrected chi connectivity index (χ2v) is 5.89. The Morgan fingerprint density at radius 2 is 2.45 bits per heavy atom. The number of hydrogen-bond donors (Lipinski definition) is 1. The number of esters is 1. The van der Waals surface area contributed by atoms with Crippen molar-refractivity contribution in [3.05, 3.63) is 21.6 Å². The minimum Gasteiger partial charge on any atom is -0.469 e. The first-order chi connectivity index (χ1) is 9.58. The highest BCUT2D eigenvalue weighted by atomic mass is 35.5. The molecular formula is C13H16ClN3O3. The Kier molecular flexibility index (Phi) is 3.20. The topological polar surface area (TPSA) is 75.3 Å². The Hall–Kier alpha value is -1.56. The van der Waals surface area contributed by atoms with Crippen LogP contribution in [-0.4, -0.2) is 36.4 Å². The molecule has 0 radical (unpaired) electrons. The number of hydrogen-bond acceptors (Lipinski definition) is 5. The summed E-state index contributed by atoms with van der Waals surface area (Å²) in [5.74, 6) is 0.0988. The van der Waals surface area contributed by atoms with Gasteiger partial charge in [0.25, 0.3) is 5.56 Å². The van der Waals surface area contributed by atoms with Gasteiger partial charge in [0, 0.05) is 13.1 Å². The lowest BCUT2D eigenvalue weighted by molar-refractivity contribution is -0.152. The van der Waals surface area contributed by atoms with Gasteiger partial charge in [0.1, 0.15) is 5.02 Å². The van der Waals surface area contributed by atoms with Crippen LogP contribution in [0.25, 0.3) is 0 Å². The zero-order valence-corrected chi connectivity index (χ0v) is 11.9. The van der Waals surface area contributed by atoms with Crippen molar-refractivity contribution in [2.24, 2.45) is 11.3 Å². The third-order valence-electron chi connectivity index (χ3n) is 4.58. The van der Waals surface area contributed by atoms with Crippen LogP contribution in [0.15, 0.2) is 11.0 Å². The molecule has 0 spiro atoms. The molecule has 2 aliphatic rings. The van der Waals surface area contributed by atoms with Crippen molar-refractivity contribution in [2.45, 2.75) is 19.3 Å². The van der Waals surface area contributed by atoms with E-state index in [-0.39, 0.29) is 16.9 Å². The first kappa shape index (κ1) is 13.4. The summed E-state index contributed by atoms with van der Waals surface area (Å²) in [5, 5.41) is 6.22. The van der Waals surface area contributed by atoms with Crippen LogP contribution in [0.5, 0.6) is 0 Å². The molecule has 2 atom stereocenters. The van der Waals surface area contributed by atoms with Crippen LogP contribution in [-0.2, 0) is 9.53 Å². The minimum absolute atomic E-state index is 0.125. The maximum absolute atomic E-state index is 12.2. The third kappa shape index (κ3) is 1.82. The Bertz CT molecular complexity index is 603. The fourth-order valence-corrected chi connectivity index (χ4v) is 3.81. The molecule has 1 aromatic heterocycles. The van der Waals surface area contributed by atoms with Gasteiger partial charge < -0.3 is 9.64 Å². The van der Waals surface area contributed by atoms with E-state index in [4.69, 9.17) is 16.3 Å². The maximum atomic E-state index is 12.2. The normalized spacial score (nSPS) is 28.5. The summed E-state index contributed by atoms with van der Waals surface area (Å²) in [6, 6.07) is 0. The van der Waals surface area contributed by atoms with Crippen molar-refractivity contribution in [3.63, 3.8) is 0 Å². The third-order valence-corrected chi connectivity index (χ3v) is 4.95. The van der Waals surface area contributed by atoms with Crippen LogP contribution in [0, 0.1) is 11.3 Å². The fraction of sp³-hybridized carbons (Fsp3) is 0.615. The van der Waals surface area contributed by atoms with Gasteiger partial charge in [-0.3, -0.25) is 9.59 Å². The molecule has 2 fully saturated rings. The smallest absolute Gasteiger partial charge is 0.313 e. The first-order valence-electron chi connectivity index (χ1n) is 6.65. The molecule has 6 nitrogen and oxygen atoms in total. The number of H-pyrrole nitrogens is 1. The van der Waals surface area contributed by atoms with E-state index in [0.717, 1.165) is 19.3 Å². The number of fused-ring (bicyclic) bond motifs is 1. The SMILES string of the molecule is COC(=O)C12CCCC1CN(c1cn[nH]c(=O)c1Cl)C2. The molecule has 1 aliphatic heterocycles. The quantitative estimate of drug-likeness (QED) is 0.830. The van der Waals surface area contributed by atoms with Gasteiger partial charge in [0.2, 0.25) is 0 Å². The maximum Gasteiger partial charge on any atom is 0.313 e.